The number of benzene rings is 1. The Morgan fingerprint density at radius 2 is 2.00 bits per heavy atom. The highest BCUT2D eigenvalue weighted by Gasteiger charge is 2.24. The van der Waals surface area contributed by atoms with E-state index in [4.69, 9.17) is 0 Å². The smallest absolute Gasteiger partial charge is 0.243 e. The lowest BCUT2D eigenvalue weighted by Gasteiger charge is -2.20. The van der Waals surface area contributed by atoms with Gasteiger partial charge in [0.05, 0.1) is 4.90 Å². The summed E-state index contributed by atoms with van der Waals surface area (Å²) in [6, 6.07) is 7.16. The number of nitrogens with one attached hydrogen (secondary N) is 1. The van der Waals surface area contributed by atoms with E-state index in [1.807, 2.05) is 19.1 Å². The van der Waals surface area contributed by atoms with Crippen LogP contribution >= 0.6 is 0 Å². The number of nitrogens with zero attached hydrogens (tertiary/aromatic N) is 1. The highest BCUT2D eigenvalue weighted by molar-refractivity contribution is 7.89. The normalized spacial score (nSPS) is 11.8. The van der Waals surface area contributed by atoms with Crippen molar-refractivity contribution in [2.45, 2.75) is 31.7 Å². The summed E-state index contributed by atoms with van der Waals surface area (Å²) < 4.78 is 26.7. The van der Waals surface area contributed by atoms with Crippen LogP contribution in [-0.2, 0) is 16.6 Å². The van der Waals surface area contributed by atoms with Crippen molar-refractivity contribution in [1.29, 1.82) is 0 Å². The fourth-order valence-corrected chi connectivity index (χ4v) is 3.62. The lowest BCUT2D eigenvalue weighted by atomic mass is 10.2. The van der Waals surface area contributed by atoms with Gasteiger partial charge in [0.1, 0.15) is 0 Å². The largest absolute Gasteiger partial charge is 0.313 e. The van der Waals surface area contributed by atoms with Crippen molar-refractivity contribution in [2.75, 3.05) is 19.6 Å². The van der Waals surface area contributed by atoms with Gasteiger partial charge in [-0.25, -0.2) is 8.42 Å². The van der Waals surface area contributed by atoms with E-state index in [9.17, 15) is 8.42 Å². The standard InChI is InChI=1S/C15H24N2O2S/c1-4-11-16-13-14-9-7-8-10-15(14)20(18,19)17(6-3)12-5-2/h5,7-10,16H,2,4,6,11-13H2,1,3H3. The van der Waals surface area contributed by atoms with Gasteiger partial charge in [0, 0.05) is 19.6 Å². The predicted octanol–water partition coefficient (Wildman–Crippen LogP) is 2.38. The highest BCUT2D eigenvalue weighted by Crippen LogP contribution is 2.20. The molecule has 1 aromatic rings. The van der Waals surface area contributed by atoms with E-state index in [0.717, 1.165) is 18.5 Å². The van der Waals surface area contributed by atoms with Gasteiger partial charge < -0.3 is 5.32 Å². The third kappa shape index (κ3) is 4.16. The fraction of sp³-hybridized carbons (Fsp3) is 0.467. The van der Waals surface area contributed by atoms with Crippen LogP contribution in [0.4, 0.5) is 0 Å². The van der Waals surface area contributed by atoms with Gasteiger partial charge in [-0.2, -0.15) is 4.31 Å². The molecule has 0 saturated carbocycles. The molecule has 0 atom stereocenters. The van der Waals surface area contributed by atoms with Gasteiger partial charge in [-0.05, 0) is 24.6 Å². The molecule has 0 heterocycles. The minimum atomic E-state index is -3.46. The zero-order valence-electron chi connectivity index (χ0n) is 12.3. The molecular weight excluding hydrogens is 272 g/mol. The first kappa shape index (κ1) is 16.9. The second-order valence-electron chi connectivity index (χ2n) is 4.53. The van der Waals surface area contributed by atoms with Crippen LogP contribution in [0, 0.1) is 0 Å². The van der Waals surface area contributed by atoms with Gasteiger partial charge in [0.2, 0.25) is 10.0 Å². The molecule has 0 unspecified atom stereocenters. The third-order valence-electron chi connectivity index (χ3n) is 3.02. The van der Waals surface area contributed by atoms with E-state index in [-0.39, 0.29) is 0 Å². The van der Waals surface area contributed by atoms with Crippen molar-refractivity contribution in [3.8, 4) is 0 Å². The minimum Gasteiger partial charge on any atom is -0.313 e. The minimum absolute atomic E-state index is 0.329. The van der Waals surface area contributed by atoms with Crippen LogP contribution in [-0.4, -0.2) is 32.4 Å². The van der Waals surface area contributed by atoms with Crippen molar-refractivity contribution in [2.24, 2.45) is 0 Å². The summed E-state index contributed by atoms with van der Waals surface area (Å²) in [5.74, 6) is 0. The fourth-order valence-electron chi connectivity index (χ4n) is 1.98. The maximum atomic E-state index is 12.7. The van der Waals surface area contributed by atoms with Crippen LogP contribution in [0.1, 0.15) is 25.8 Å². The molecule has 0 amide bonds. The van der Waals surface area contributed by atoms with Crippen LogP contribution < -0.4 is 5.32 Å². The van der Waals surface area contributed by atoms with E-state index in [2.05, 4.69) is 18.8 Å². The number of rotatable bonds is 9. The molecule has 1 rings (SSSR count). The third-order valence-corrected chi connectivity index (χ3v) is 5.06. The monoisotopic (exact) mass is 296 g/mol. The Kier molecular flexibility index (Phi) is 6.91. The highest BCUT2D eigenvalue weighted by atomic mass is 32.2. The quantitative estimate of drug-likeness (QED) is 0.562. The molecule has 112 valence electrons. The Morgan fingerprint density at radius 3 is 2.60 bits per heavy atom. The van der Waals surface area contributed by atoms with Gasteiger partial charge in [-0.3, -0.25) is 0 Å². The maximum absolute atomic E-state index is 12.7. The lowest BCUT2D eigenvalue weighted by molar-refractivity contribution is 0.458. The average Bonchev–Trinajstić information content (AvgIpc) is 2.45. The van der Waals surface area contributed by atoms with Crippen molar-refractivity contribution >= 4 is 10.0 Å². The van der Waals surface area contributed by atoms with Gasteiger partial charge in [-0.1, -0.05) is 38.1 Å². The van der Waals surface area contributed by atoms with Gasteiger partial charge in [0.25, 0.3) is 0 Å². The molecule has 1 aromatic carbocycles. The summed E-state index contributed by atoms with van der Waals surface area (Å²) in [6.45, 7) is 9.74. The zero-order chi connectivity index (χ0) is 15.0. The molecule has 4 nitrogen and oxygen atoms in total. The van der Waals surface area contributed by atoms with E-state index in [0.29, 0.717) is 24.5 Å². The van der Waals surface area contributed by atoms with Crippen LogP contribution in [0.25, 0.3) is 0 Å². The number of hydrogen-bond acceptors (Lipinski definition) is 3. The zero-order valence-corrected chi connectivity index (χ0v) is 13.1. The van der Waals surface area contributed by atoms with Crippen LogP contribution in [0.15, 0.2) is 41.8 Å². The Hall–Kier alpha value is -1.17. The first-order chi connectivity index (χ1) is 9.57. The molecule has 0 aliphatic heterocycles. The van der Waals surface area contributed by atoms with Crippen molar-refractivity contribution in [3.05, 3.63) is 42.5 Å². The number of sulfonamides is 1. The summed E-state index contributed by atoms with van der Waals surface area (Å²) in [5, 5.41) is 3.25. The molecule has 0 aliphatic rings. The first-order valence-electron chi connectivity index (χ1n) is 6.97. The van der Waals surface area contributed by atoms with E-state index in [1.54, 1.807) is 18.2 Å². The van der Waals surface area contributed by atoms with Crippen LogP contribution in [0.3, 0.4) is 0 Å². The van der Waals surface area contributed by atoms with Crippen molar-refractivity contribution < 1.29 is 8.42 Å². The van der Waals surface area contributed by atoms with E-state index >= 15 is 0 Å². The Balaban J connectivity index is 3.07. The molecule has 1 N–H and O–H groups in total. The molecule has 0 radical (unpaired) electrons. The molecular formula is C15H24N2O2S. The van der Waals surface area contributed by atoms with Gasteiger partial charge in [-0.15, -0.1) is 6.58 Å². The van der Waals surface area contributed by atoms with Crippen molar-refractivity contribution in [3.63, 3.8) is 0 Å². The van der Waals surface area contributed by atoms with E-state index < -0.39 is 10.0 Å². The molecule has 0 aliphatic carbocycles. The number of likely N-dealkylation sites (N-methyl/N-ethyl adjacent to an activating group) is 1. The Labute approximate surface area is 122 Å². The summed E-state index contributed by atoms with van der Waals surface area (Å²) in [7, 11) is -3.46. The second-order valence-corrected chi connectivity index (χ2v) is 6.44. The maximum Gasteiger partial charge on any atom is 0.243 e. The van der Waals surface area contributed by atoms with E-state index in [1.165, 1.54) is 4.31 Å². The SMILES string of the molecule is C=CCN(CC)S(=O)(=O)c1ccccc1CNCCC. The molecule has 0 bridgehead atoms. The summed E-state index contributed by atoms with van der Waals surface area (Å²) in [5.41, 5.74) is 0.809. The summed E-state index contributed by atoms with van der Waals surface area (Å²) in [6.07, 6.45) is 2.63. The first-order valence-corrected chi connectivity index (χ1v) is 8.41. The number of hydrogen-bond donors (Lipinski definition) is 1. The van der Waals surface area contributed by atoms with Crippen LogP contribution in [0.5, 0.6) is 0 Å². The molecule has 20 heavy (non-hydrogen) atoms. The van der Waals surface area contributed by atoms with Gasteiger partial charge >= 0.3 is 0 Å². The average molecular weight is 296 g/mol. The van der Waals surface area contributed by atoms with Gasteiger partial charge in [0.15, 0.2) is 0 Å². The molecule has 0 aromatic heterocycles. The second kappa shape index (κ2) is 8.19. The van der Waals surface area contributed by atoms with Crippen molar-refractivity contribution in [1.82, 2.24) is 9.62 Å². The predicted molar refractivity (Wildman–Crippen MR) is 83.1 cm³/mol. The topological polar surface area (TPSA) is 49.4 Å². The summed E-state index contributed by atoms with van der Waals surface area (Å²) >= 11 is 0. The lowest BCUT2D eigenvalue weighted by Crippen LogP contribution is -2.32. The molecule has 0 saturated heterocycles. The summed E-state index contributed by atoms with van der Waals surface area (Å²) in [4.78, 5) is 0.382. The Bertz CT molecular complexity index is 526. The molecule has 0 fully saturated rings. The Morgan fingerprint density at radius 1 is 1.30 bits per heavy atom. The molecule has 5 heteroatoms. The van der Waals surface area contributed by atoms with Crippen LogP contribution in [0.2, 0.25) is 0 Å². The molecule has 0 spiro atoms.